The summed E-state index contributed by atoms with van der Waals surface area (Å²) >= 11 is 0. The van der Waals surface area contributed by atoms with E-state index in [-0.39, 0.29) is 0 Å². The number of benzene rings is 1. The molecule has 1 unspecified atom stereocenters. The number of phenolic OH excluding ortho intramolecular Hbond substituents is 1. The Bertz CT molecular complexity index is 470. The molecule has 2 nitrogen and oxygen atoms in total. The molecule has 1 fully saturated rings. The molecule has 0 amide bonds. The Morgan fingerprint density at radius 1 is 1.29 bits per heavy atom. The second-order valence-corrected chi connectivity index (χ2v) is 22.2. The quantitative estimate of drug-likeness (QED) is 0.619. The van der Waals surface area contributed by atoms with Crippen molar-refractivity contribution < 1.29 is 9.53 Å². The van der Waals surface area contributed by atoms with Crippen molar-refractivity contribution in [3.05, 3.63) is 42.5 Å². The Hall–Kier alpha value is -0.846. The third kappa shape index (κ3) is 5.13. The minimum Gasteiger partial charge on any atom is -0.508 e. The van der Waals surface area contributed by atoms with E-state index in [0.717, 1.165) is 12.0 Å². The third-order valence-electron chi connectivity index (χ3n) is 4.66. The van der Waals surface area contributed by atoms with Gasteiger partial charge in [0.2, 0.25) is 0 Å². The molecule has 2 rings (SSSR count). The van der Waals surface area contributed by atoms with Crippen molar-refractivity contribution in [3.8, 4) is 5.75 Å². The average Bonchev–Trinajstić information content (AvgIpc) is 2.38. The second-order valence-electron chi connectivity index (χ2n) is 6.98. The highest BCUT2D eigenvalue weighted by Gasteiger charge is 2.46. The number of hydrogen-bond acceptors (Lipinski definition) is 2. The number of aromatic hydroxyl groups is 1. The molecule has 1 N–H and O–H groups in total. The highest BCUT2D eigenvalue weighted by atomic mass is 29.3. The van der Waals surface area contributed by atoms with Crippen LogP contribution in [0, 0.1) is 0 Å². The first-order valence-electron chi connectivity index (χ1n) is 7.75. The molecule has 0 radical (unpaired) electrons. The summed E-state index contributed by atoms with van der Waals surface area (Å²) in [6.07, 6.45) is 4.34. The van der Waals surface area contributed by atoms with Crippen LogP contribution in [0.5, 0.6) is 5.75 Å². The van der Waals surface area contributed by atoms with Crippen LogP contribution in [0.3, 0.4) is 0 Å². The molecule has 1 aliphatic heterocycles. The number of para-hydroxylation sites is 1. The maximum Gasteiger partial charge on any atom is 0.174 e. The van der Waals surface area contributed by atoms with E-state index < -0.39 is 15.4 Å². The Labute approximate surface area is 131 Å². The predicted molar refractivity (Wildman–Crippen MR) is 96.9 cm³/mol. The molecule has 1 aromatic carbocycles. The molecule has 0 spiro atoms. The summed E-state index contributed by atoms with van der Waals surface area (Å²) in [5.74, 6) is 0.349. The lowest BCUT2D eigenvalue weighted by Gasteiger charge is -2.44. The summed E-state index contributed by atoms with van der Waals surface area (Å²) < 4.78 is 6.09. The van der Waals surface area contributed by atoms with Gasteiger partial charge in [0.15, 0.2) is 7.83 Å². The van der Waals surface area contributed by atoms with E-state index in [0.29, 0.717) is 11.9 Å². The minimum absolute atomic E-state index is 0.349. The van der Waals surface area contributed by atoms with Gasteiger partial charge in [0.1, 0.15) is 5.75 Å². The maximum atomic E-state index is 9.19. The first-order chi connectivity index (χ1) is 9.69. The molecule has 1 atom stereocenters. The topological polar surface area (TPSA) is 29.5 Å². The largest absolute Gasteiger partial charge is 0.508 e. The Morgan fingerprint density at radius 3 is 2.38 bits per heavy atom. The average molecular weight is 323 g/mol. The van der Waals surface area contributed by atoms with E-state index in [1.807, 2.05) is 18.2 Å². The SMILES string of the molecule is C=CCc1ccccc1O.CC1CC[Si](C)(C)[Si](C)(C)O1. The van der Waals surface area contributed by atoms with Crippen LogP contribution < -0.4 is 0 Å². The third-order valence-corrected chi connectivity index (χ3v) is 21.3. The zero-order chi connectivity index (χ0) is 16.1. The fourth-order valence-corrected chi connectivity index (χ4v) is 9.40. The fourth-order valence-electron chi connectivity index (χ4n) is 2.43. The number of rotatable bonds is 2. The van der Waals surface area contributed by atoms with Crippen LogP contribution in [0.25, 0.3) is 0 Å². The molecule has 0 aromatic heterocycles. The van der Waals surface area contributed by atoms with Gasteiger partial charge in [0.05, 0.1) is 7.59 Å². The molecule has 0 aliphatic carbocycles. The van der Waals surface area contributed by atoms with Crippen molar-refractivity contribution in [3.63, 3.8) is 0 Å². The summed E-state index contributed by atoms with van der Waals surface area (Å²) in [6, 6.07) is 8.75. The van der Waals surface area contributed by atoms with E-state index in [1.54, 1.807) is 12.1 Å². The van der Waals surface area contributed by atoms with Crippen LogP contribution in [0.2, 0.25) is 32.2 Å². The molecule has 1 aliphatic rings. The number of hydrogen-bond donors (Lipinski definition) is 1. The van der Waals surface area contributed by atoms with Gasteiger partial charge in [-0.3, -0.25) is 0 Å². The van der Waals surface area contributed by atoms with Gasteiger partial charge in [0, 0.05) is 6.10 Å². The first-order valence-corrected chi connectivity index (χ1v) is 14.9. The Kier molecular flexibility index (Phi) is 6.44. The van der Waals surface area contributed by atoms with E-state index in [9.17, 15) is 5.11 Å². The van der Waals surface area contributed by atoms with Gasteiger partial charge in [-0.05, 0) is 44.5 Å². The van der Waals surface area contributed by atoms with Crippen molar-refractivity contribution in [1.82, 2.24) is 0 Å². The van der Waals surface area contributed by atoms with E-state index in [4.69, 9.17) is 4.43 Å². The number of allylic oxidation sites excluding steroid dienone is 1. The predicted octanol–water partition coefficient (Wildman–Crippen LogP) is 4.91. The highest BCUT2D eigenvalue weighted by Crippen LogP contribution is 2.32. The molecule has 4 heteroatoms. The lowest BCUT2D eigenvalue weighted by atomic mass is 10.1. The molecular weight excluding hydrogens is 292 g/mol. The molecule has 118 valence electrons. The summed E-state index contributed by atoms with van der Waals surface area (Å²) in [7, 11) is -2.19. The highest BCUT2D eigenvalue weighted by molar-refractivity contribution is 7.38. The van der Waals surface area contributed by atoms with Crippen LogP contribution in [-0.2, 0) is 10.8 Å². The van der Waals surface area contributed by atoms with Gasteiger partial charge in [-0.15, -0.1) is 6.58 Å². The molecular formula is C17H30O2Si2. The van der Waals surface area contributed by atoms with E-state index in [2.05, 4.69) is 39.7 Å². The molecule has 1 aromatic rings. The zero-order valence-electron chi connectivity index (χ0n) is 14.1. The summed E-state index contributed by atoms with van der Waals surface area (Å²) in [4.78, 5) is 0. The van der Waals surface area contributed by atoms with Gasteiger partial charge in [-0.2, -0.15) is 0 Å². The van der Waals surface area contributed by atoms with Crippen LogP contribution >= 0.6 is 0 Å². The van der Waals surface area contributed by atoms with Crippen LogP contribution in [0.15, 0.2) is 36.9 Å². The van der Waals surface area contributed by atoms with Gasteiger partial charge in [-0.1, -0.05) is 43.4 Å². The Morgan fingerprint density at radius 2 is 1.90 bits per heavy atom. The molecule has 1 heterocycles. The van der Waals surface area contributed by atoms with Crippen molar-refractivity contribution in [2.45, 2.75) is 58.1 Å². The Balaban J connectivity index is 0.000000211. The summed E-state index contributed by atoms with van der Waals surface area (Å²) in [6.45, 7) is 15.6. The van der Waals surface area contributed by atoms with Crippen molar-refractivity contribution >= 4 is 15.4 Å². The van der Waals surface area contributed by atoms with E-state index >= 15 is 0 Å². The summed E-state index contributed by atoms with van der Waals surface area (Å²) in [5, 5.41) is 9.19. The van der Waals surface area contributed by atoms with Crippen molar-refractivity contribution in [2.75, 3.05) is 0 Å². The zero-order valence-corrected chi connectivity index (χ0v) is 16.1. The van der Waals surface area contributed by atoms with Crippen LogP contribution in [0.4, 0.5) is 0 Å². The number of phenols is 1. The lowest BCUT2D eigenvalue weighted by Crippen LogP contribution is -2.61. The lowest BCUT2D eigenvalue weighted by molar-refractivity contribution is 0.206. The smallest absolute Gasteiger partial charge is 0.174 e. The van der Waals surface area contributed by atoms with Gasteiger partial charge >= 0.3 is 0 Å². The van der Waals surface area contributed by atoms with Gasteiger partial charge in [-0.25, -0.2) is 0 Å². The standard InChI is InChI=1S/C9H10O.C8H20OSi2/c1-2-5-8-6-3-4-7-9(8)10;1-8-6-7-10(2,3)11(4,5)9-8/h2-4,6-7,10H,1,5H2;8H,6-7H2,1-5H3. The van der Waals surface area contributed by atoms with Crippen molar-refractivity contribution in [1.29, 1.82) is 0 Å². The van der Waals surface area contributed by atoms with Gasteiger partial charge in [0.25, 0.3) is 0 Å². The maximum absolute atomic E-state index is 9.19. The molecule has 1 saturated heterocycles. The van der Waals surface area contributed by atoms with Crippen molar-refractivity contribution in [2.24, 2.45) is 0 Å². The first kappa shape index (κ1) is 18.2. The van der Waals surface area contributed by atoms with E-state index in [1.165, 1.54) is 12.5 Å². The van der Waals surface area contributed by atoms with Crippen LogP contribution in [0.1, 0.15) is 18.9 Å². The molecule has 0 bridgehead atoms. The fraction of sp³-hybridized carbons (Fsp3) is 0.529. The molecule has 0 saturated carbocycles. The minimum atomic E-state index is -1.24. The monoisotopic (exact) mass is 322 g/mol. The van der Waals surface area contributed by atoms with Crippen LogP contribution in [-0.4, -0.2) is 26.6 Å². The second kappa shape index (κ2) is 7.43. The van der Waals surface area contributed by atoms with Gasteiger partial charge < -0.3 is 9.53 Å². The molecule has 21 heavy (non-hydrogen) atoms. The summed E-state index contributed by atoms with van der Waals surface area (Å²) in [5.41, 5.74) is 0.928. The normalized spacial score (nSPS) is 22.8.